The molecule has 0 unspecified atom stereocenters. The third kappa shape index (κ3) is 3.54. The van der Waals surface area contributed by atoms with E-state index in [1.807, 2.05) is 0 Å². The van der Waals surface area contributed by atoms with Crippen LogP contribution < -0.4 is 4.74 Å². The summed E-state index contributed by atoms with van der Waals surface area (Å²) in [6, 6.07) is 6.64. The van der Waals surface area contributed by atoms with Crippen LogP contribution in [0.25, 0.3) is 0 Å². The summed E-state index contributed by atoms with van der Waals surface area (Å²) in [5.74, 6) is 0.177. The summed E-state index contributed by atoms with van der Waals surface area (Å²) >= 11 is 0. The van der Waals surface area contributed by atoms with E-state index in [-0.39, 0.29) is 11.9 Å². The summed E-state index contributed by atoms with van der Waals surface area (Å²) in [6.45, 7) is 3.57. The van der Waals surface area contributed by atoms with Crippen LogP contribution in [0.1, 0.15) is 12.8 Å². The van der Waals surface area contributed by atoms with Gasteiger partial charge in [-0.2, -0.15) is 0 Å². The van der Waals surface area contributed by atoms with Gasteiger partial charge in [-0.1, -0.05) is 6.07 Å². The molecule has 1 N–H and O–H groups in total. The monoisotopic (exact) mass is 294 g/mol. The van der Waals surface area contributed by atoms with E-state index in [0.29, 0.717) is 24.9 Å². The van der Waals surface area contributed by atoms with Gasteiger partial charge in [-0.05, 0) is 45.1 Å². The summed E-state index contributed by atoms with van der Waals surface area (Å²) in [6.07, 6.45) is 1.49. The molecule has 116 valence electrons. The molecule has 2 aliphatic heterocycles. The summed E-state index contributed by atoms with van der Waals surface area (Å²) in [5, 5.41) is 10.2. The van der Waals surface area contributed by atoms with Gasteiger partial charge in [0.1, 0.15) is 23.8 Å². The molecule has 2 saturated heterocycles. The van der Waals surface area contributed by atoms with Crippen LogP contribution in [-0.4, -0.2) is 66.4 Å². The maximum atomic E-state index is 13.2. The lowest BCUT2D eigenvalue weighted by atomic mass is 10.0. The Bertz CT molecular complexity index is 477. The number of aliphatic hydroxyl groups is 1. The van der Waals surface area contributed by atoms with Crippen LogP contribution in [0.4, 0.5) is 4.39 Å². The first kappa shape index (κ1) is 14.8. The van der Waals surface area contributed by atoms with Crippen LogP contribution in [-0.2, 0) is 0 Å². The zero-order chi connectivity index (χ0) is 14.8. The lowest BCUT2D eigenvalue weighted by Gasteiger charge is -2.34. The fraction of sp³-hybridized carbons (Fsp3) is 0.625. The standard InChI is InChI=1S/C16H23FN2O2/c1-18-7-5-13(6-8-18)19-10-15(20)16(11-19)21-14-4-2-3-12(17)9-14/h2-4,9,13,15-16,20H,5-8,10-11H2,1H3/t15-,16-/m1/s1. The molecule has 1 aromatic rings. The predicted molar refractivity (Wildman–Crippen MR) is 78.9 cm³/mol. The molecule has 0 bridgehead atoms. The van der Waals surface area contributed by atoms with E-state index in [0.717, 1.165) is 25.9 Å². The molecule has 2 aliphatic rings. The van der Waals surface area contributed by atoms with Gasteiger partial charge < -0.3 is 14.7 Å². The SMILES string of the molecule is CN1CCC(N2C[C@@H](O)[C@H](Oc3cccc(F)c3)C2)CC1. The third-order valence-electron chi connectivity index (χ3n) is 4.55. The van der Waals surface area contributed by atoms with Gasteiger partial charge in [0, 0.05) is 25.2 Å². The third-order valence-corrected chi connectivity index (χ3v) is 4.55. The van der Waals surface area contributed by atoms with E-state index in [2.05, 4.69) is 16.8 Å². The summed E-state index contributed by atoms with van der Waals surface area (Å²) < 4.78 is 19.0. The fourth-order valence-corrected chi connectivity index (χ4v) is 3.27. The molecule has 2 heterocycles. The number of hydrogen-bond donors (Lipinski definition) is 1. The van der Waals surface area contributed by atoms with Crippen molar-refractivity contribution in [2.75, 3.05) is 33.2 Å². The molecule has 4 nitrogen and oxygen atoms in total. The smallest absolute Gasteiger partial charge is 0.138 e. The highest BCUT2D eigenvalue weighted by atomic mass is 19.1. The highest BCUT2D eigenvalue weighted by Gasteiger charge is 2.37. The molecule has 5 heteroatoms. The van der Waals surface area contributed by atoms with Gasteiger partial charge in [0.25, 0.3) is 0 Å². The van der Waals surface area contributed by atoms with Crippen molar-refractivity contribution in [1.82, 2.24) is 9.80 Å². The van der Waals surface area contributed by atoms with E-state index < -0.39 is 6.10 Å². The molecule has 0 radical (unpaired) electrons. The number of benzene rings is 1. The number of piperidine rings is 1. The molecule has 21 heavy (non-hydrogen) atoms. The van der Waals surface area contributed by atoms with Crippen LogP contribution in [0.15, 0.2) is 24.3 Å². The van der Waals surface area contributed by atoms with Crippen molar-refractivity contribution in [3.05, 3.63) is 30.1 Å². The number of ether oxygens (including phenoxy) is 1. The Morgan fingerprint density at radius 3 is 2.71 bits per heavy atom. The minimum absolute atomic E-state index is 0.272. The Morgan fingerprint density at radius 1 is 1.24 bits per heavy atom. The molecular formula is C16H23FN2O2. The molecule has 0 aliphatic carbocycles. The van der Waals surface area contributed by atoms with E-state index in [4.69, 9.17) is 4.74 Å². The summed E-state index contributed by atoms with van der Waals surface area (Å²) in [5.41, 5.74) is 0. The minimum Gasteiger partial charge on any atom is -0.486 e. The molecule has 3 rings (SSSR count). The average molecular weight is 294 g/mol. The summed E-state index contributed by atoms with van der Waals surface area (Å²) in [7, 11) is 2.14. The molecule has 2 atom stereocenters. The van der Waals surface area contributed by atoms with Gasteiger partial charge in [-0.15, -0.1) is 0 Å². The van der Waals surface area contributed by atoms with Crippen LogP contribution >= 0.6 is 0 Å². The largest absolute Gasteiger partial charge is 0.486 e. The van der Waals surface area contributed by atoms with Crippen molar-refractivity contribution in [2.24, 2.45) is 0 Å². The fourth-order valence-electron chi connectivity index (χ4n) is 3.27. The Morgan fingerprint density at radius 2 is 2.00 bits per heavy atom. The van der Waals surface area contributed by atoms with Crippen molar-refractivity contribution in [3.63, 3.8) is 0 Å². The number of hydrogen-bond acceptors (Lipinski definition) is 4. The van der Waals surface area contributed by atoms with E-state index in [1.165, 1.54) is 12.1 Å². The molecule has 0 spiro atoms. The molecular weight excluding hydrogens is 271 g/mol. The Kier molecular flexibility index (Phi) is 4.42. The Hall–Kier alpha value is -1.17. The normalized spacial score (nSPS) is 28.9. The maximum absolute atomic E-state index is 13.2. The number of likely N-dealkylation sites (tertiary alicyclic amines) is 2. The Balaban J connectivity index is 1.58. The second-order valence-corrected chi connectivity index (χ2v) is 6.17. The predicted octanol–water partition coefficient (Wildman–Crippen LogP) is 1.34. The highest BCUT2D eigenvalue weighted by molar-refractivity contribution is 5.23. The second-order valence-electron chi connectivity index (χ2n) is 6.17. The van der Waals surface area contributed by atoms with Gasteiger partial charge in [-0.25, -0.2) is 4.39 Å². The number of aliphatic hydroxyl groups excluding tert-OH is 1. The number of β-amino-alcohol motifs (C(OH)–C–C–N with tert-alkyl or cyclic N) is 1. The minimum atomic E-state index is -0.507. The molecule has 1 aromatic carbocycles. The first-order chi connectivity index (χ1) is 10.1. The van der Waals surface area contributed by atoms with Gasteiger partial charge in [0.15, 0.2) is 0 Å². The molecule has 2 fully saturated rings. The van der Waals surface area contributed by atoms with Crippen molar-refractivity contribution in [2.45, 2.75) is 31.1 Å². The van der Waals surface area contributed by atoms with Crippen LogP contribution in [0.3, 0.4) is 0 Å². The maximum Gasteiger partial charge on any atom is 0.138 e. The van der Waals surface area contributed by atoms with Crippen LogP contribution in [0.5, 0.6) is 5.75 Å². The molecule has 0 amide bonds. The molecule has 0 aromatic heterocycles. The van der Waals surface area contributed by atoms with Gasteiger partial charge in [0.2, 0.25) is 0 Å². The van der Waals surface area contributed by atoms with E-state index in [1.54, 1.807) is 12.1 Å². The van der Waals surface area contributed by atoms with Crippen LogP contribution in [0.2, 0.25) is 0 Å². The van der Waals surface area contributed by atoms with Gasteiger partial charge in [0.05, 0.1) is 0 Å². The first-order valence-corrected chi connectivity index (χ1v) is 7.65. The van der Waals surface area contributed by atoms with Crippen molar-refractivity contribution in [1.29, 1.82) is 0 Å². The molecule has 0 saturated carbocycles. The zero-order valence-electron chi connectivity index (χ0n) is 12.4. The van der Waals surface area contributed by atoms with Gasteiger partial charge in [-0.3, -0.25) is 4.90 Å². The average Bonchev–Trinajstić information content (AvgIpc) is 2.81. The summed E-state index contributed by atoms with van der Waals surface area (Å²) in [4.78, 5) is 4.66. The number of halogens is 1. The Labute approximate surface area is 125 Å². The zero-order valence-corrected chi connectivity index (χ0v) is 12.4. The lowest BCUT2D eigenvalue weighted by Crippen LogP contribution is -2.43. The van der Waals surface area contributed by atoms with Crippen molar-refractivity contribution in [3.8, 4) is 5.75 Å². The quantitative estimate of drug-likeness (QED) is 0.913. The van der Waals surface area contributed by atoms with Crippen molar-refractivity contribution < 1.29 is 14.2 Å². The van der Waals surface area contributed by atoms with Crippen LogP contribution in [0, 0.1) is 5.82 Å². The highest BCUT2D eigenvalue weighted by Crippen LogP contribution is 2.24. The van der Waals surface area contributed by atoms with Gasteiger partial charge >= 0.3 is 0 Å². The van der Waals surface area contributed by atoms with E-state index >= 15 is 0 Å². The second kappa shape index (κ2) is 6.30. The topological polar surface area (TPSA) is 35.9 Å². The number of rotatable bonds is 3. The van der Waals surface area contributed by atoms with E-state index in [9.17, 15) is 9.50 Å². The van der Waals surface area contributed by atoms with Crippen molar-refractivity contribution >= 4 is 0 Å². The first-order valence-electron chi connectivity index (χ1n) is 7.65. The number of nitrogens with zero attached hydrogens (tertiary/aromatic N) is 2. The lowest BCUT2D eigenvalue weighted by molar-refractivity contribution is 0.0733.